The second kappa shape index (κ2) is 10.1. The SMILES string of the molecule is CCn1c(CN2CCN(Cc3ccccn3)CC2)nc2cc(S(=O)(=O)N3CCCCC3)ccc21. The molecular formula is C25H34N6O2S. The number of imidazole rings is 1. The Hall–Kier alpha value is -2.33. The molecule has 9 heteroatoms. The molecule has 0 saturated carbocycles. The molecular weight excluding hydrogens is 448 g/mol. The van der Waals surface area contributed by atoms with Crippen molar-refractivity contribution in [3.05, 3.63) is 54.1 Å². The van der Waals surface area contributed by atoms with Crippen molar-refractivity contribution >= 4 is 21.1 Å². The highest BCUT2D eigenvalue weighted by molar-refractivity contribution is 7.89. The van der Waals surface area contributed by atoms with E-state index in [0.29, 0.717) is 18.0 Å². The van der Waals surface area contributed by atoms with Crippen molar-refractivity contribution < 1.29 is 8.42 Å². The molecule has 1 aromatic carbocycles. The molecule has 8 nitrogen and oxygen atoms in total. The van der Waals surface area contributed by atoms with Gasteiger partial charge in [-0.1, -0.05) is 12.5 Å². The van der Waals surface area contributed by atoms with Crippen LogP contribution in [0.4, 0.5) is 0 Å². The van der Waals surface area contributed by atoms with Crippen LogP contribution in [-0.4, -0.2) is 76.3 Å². The molecule has 0 bridgehead atoms. The quantitative estimate of drug-likeness (QED) is 0.516. The molecule has 0 aliphatic carbocycles. The molecule has 182 valence electrons. The zero-order valence-corrected chi connectivity index (χ0v) is 20.8. The van der Waals surface area contributed by atoms with Gasteiger partial charge >= 0.3 is 0 Å². The minimum absolute atomic E-state index is 0.359. The molecule has 0 spiro atoms. The Morgan fingerprint density at radius 2 is 1.62 bits per heavy atom. The van der Waals surface area contributed by atoms with E-state index in [9.17, 15) is 8.42 Å². The second-order valence-corrected chi connectivity index (χ2v) is 11.2. The number of pyridine rings is 1. The zero-order valence-electron chi connectivity index (χ0n) is 19.9. The van der Waals surface area contributed by atoms with Gasteiger partial charge in [-0.15, -0.1) is 0 Å². The van der Waals surface area contributed by atoms with Crippen LogP contribution in [0.1, 0.15) is 37.7 Å². The Morgan fingerprint density at radius 1 is 0.882 bits per heavy atom. The molecule has 2 fully saturated rings. The third-order valence-electron chi connectivity index (χ3n) is 7.01. The largest absolute Gasteiger partial charge is 0.327 e. The first kappa shape index (κ1) is 23.4. The first-order chi connectivity index (χ1) is 16.5. The first-order valence-corrected chi connectivity index (χ1v) is 13.8. The van der Waals surface area contributed by atoms with Gasteiger partial charge in [0.05, 0.1) is 28.2 Å². The Balaban J connectivity index is 1.29. The number of piperidine rings is 1. The van der Waals surface area contributed by atoms with Crippen LogP contribution >= 0.6 is 0 Å². The molecule has 2 aliphatic heterocycles. The van der Waals surface area contributed by atoms with Crippen LogP contribution in [-0.2, 0) is 29.7 Å². The molecule has 0 amide bonds. The van der Waals surface area contributed by atoms with Gasteiger partial charge in [0, 0.05) is 58.6 Å². The van der Waals surface area contributed by atoms with Crippen molar-refractivity contribution in [3.8, 4) is 0 Å². The van der Waals surface area contributed by atoms with Crippen LogP contribution in [0.25, 0.3) is 11.0 Å². The fourth-order valence-electron chi connectivity index (χ4n) is 5.07. The van der Waals surface area contributed by atoms with Crippen LogP contribution in [0, 0.1) is 0 Å². The van der Waals surface area contributed by atoms with Crippen molar-refractivity contribution in [2.45, 2.75) is 50.7 Å². The maximum absolute atomic E-state index is 13.1. The highest BCUT2D eigenvalue weighted by Crippen LogP contribution is 2.25. The summed E-state index contributed by atoms with van der Waals surface area (Å²) >= 11 is 0. The average Bonchev–Trinajstić information content (AvgIpc) is 3.22. The monoisotopic (exact) mass is 482 g/mol. The lowest BCUT2D eigenvalue weighted by Gasteiger charge is -2.34. The van der Waals surface area contributed by atoms with Gasteiger partial charge in [-0.25, -0.2) is 13.4 Å². The molecule has 0 unspecified atom stereocenters. The maximum atomic E-state index is 13.1. The highest BCUT2D eigenvalue weighted by atomic mass is 32.2. The summed E-state index contributed by atoms with van der Waals surface area (Å²) in [7, 11) is -3.46. The molecule has 0 atom stereocenters. The molecule has 0 radical (unpaired) electrons. The van der Waals surface area contributed by atoms with Crippen LogP contribution in [0.15, 0.2) is 47.5 Å². The summed E-state index contributed by atoms with van der Waals surface area (Å²) in [5.74, 6) is 1.00. The average molecular weight is 483 g/mol. The fraction of sp³-hybridized carbons (Fsp3) is 0.520. The molecule has 0 N–H and O–H groups in total. The highest BCUT2D eigenvalue weighted by Gasteiger charge is 2.27. The molecule has 34 heavy (non-hydrogen) atoms. The van der Waals surface area contributed by atoms with Gasteiger partial charge in [-0.05, 0) is 50.1 Å². The van der Waals surface area contributed by atoms with E-state index in [0.717, 1.165) is 87.6 Å². The van der Waals surface area contributed by atoms with E-state index in [-0.39, 0.29) is 0 Å². The second-order valence-electron chi connectivity index (χ2n) is 9.26. The summed E-state index contributed by atoms with van der Waals surface area (Å²) in [6.45, 7) is 9.77. The number of fused-ring (bicyclic) bond motifs is 1. The van der Waals surface area contributed by atoms with Gasteiger partial charge in [-0.2, -0.15) is 4.31 Å². The normalized spacial score (nSPS) is 19.1. The number of piperazine rings is 1. The van der Waals surface area contributed by atoms with Crippen LogP contribution < -0.4 is 0 Å². The standard InChI is InChI=1S/C25H34N6O2S/c1-2-31-24-10-9-22(34(32,33)30-12-6-3-7-13-30)18-23(24)27-25(31)20-29-16-14-28(15-17-29)19-21-8-4-5-11-26-21/h4-5,8-11,18H,2-3,6-7,12-17,19-20H2,1H3. The number of sulfonamides is 1. The van der Waals surface area contributed by atoms with Crippen molar-refractivity contribution in [3.63, 3.8) is 0 Å². The van der Waals surface area contributed by atoms with E-state index >= 15 is 0 Å². The van der Waals surface area contributed by atoms with Crippen LogP contribution in [0.3, 0.4) is 0 Å². The molecule has 2 aliphatic rings. The number of aromatic nitrogens is 3. The van der Waals surface area contributed by atoms with E-state index in [1.165, 1.54) is 0 Å². The Morgan fingerprint density at radius 3 is 2.29 bits per heavy atom. The number of rotatable bonds is 7. The van der Waals surface area contributed by atoms with E-state index < -0.39 is 10.0 Å². The topological polar surface area (TPSA) is 74.6 Å². The van der Waals surface area contributed by atoms with Gasteiger partial charge in [-0.3, -0.25) is 14.8 Å². The number of benzene rings is 1. The molecule has 2 aromatic heterocycles. The summed E-state index contributed by atoms with van der Waals surface area (Å²) in [6, 6.07) is 11.5. The molecule has 5 rings (SSSR count). The summed E-state index contributed by atoms with van der Waals surface area (Å²) < 4.78 is 30.1. The predicted molar refractivity (Wildman–Crippen MR) is 133 cm³/mol. The van der Waals surface area contributed by atoms with E-state index in [2.05, 4.69) is 32.3 Å². The van der Waals surface area contributed by atoms with Gasteiger partial charge in [0.1, 0.15) is 5.82 Å². The Labute approximate surface area is 202 Å². The van der Waals surface area contributed by atoms with E-state index in [1.807, 2.05) is 24.4 Å². The minimum Gasteiger partial charge on any atom is -0.327 e. The van der Waals surface area contributed by atoms with Gasteiger partial charge < -0.3 is 4.57 Å². The van der Waals surface area contributed by atoms with Crippen LogP contribution in [0.5, 0.6) is 0 Å². The summed E-state index contributed by atoms with van der Waals surface area (Å²) in [5, 5.41) is 0. The van der Waals surface area contributed by atoms with Crippen molar-refractivity contribution in [2.75, 3.05) is 39.3 Å². The number of hydrogen-bond donors (Lipinski definition) is 0. The smallest absolute Gasteiger partial charge is 0.243 e. The minimum atomic E-state index is -3.46. The number of aryl methyl sites for hydroxylation is 1. The van der Waals surface area contributed by atoms with E-state index in [1.54, 1.807) is 16.4 Å². The maximum Gasteiger partial charge on any atom is 0.243 e. The lowest BCUT2D eigenvalue weighted by atomic mass is 10.2. The summed E-state index contributed by atoms with van der Waals surface area (Å²) in [5.41, 5.74) is 2.88. The lowest BCUT2D eigenvalue weighted by molar-refractivity contribution is 0.118. The van der Waals surface area contributed by atoms with Gasteiger partial charge in [0.25, 0.3) is 0 Å². The Bertz CT molecular complexity index is 1210. The third-order valence-corrected chi connectivity index (χ3v) is 8.90. The third kappa shape index (κ3) is 4.88. The summed E-state index contributed by atoms with van der Waals surface area (Å²) in [4.78, 5) is 14.6. The van der Waals surface area contributed by atoms with Gasteiger partial charge in [0.2, 0.25) is 10.0 Å². The van der Waals surface area contributed by atoms with Crippen molar-refractivity contribution in [1.82, 2.24) is 28.6 Å². The van der Waals surface area contributed by atoms with Crippen molar-refractivity contribution in [2.24, 2.45) is 0 Å². The fourth-order valence-corrected chi connectivity index (χ4v) is 6.61. The first-order valence-electron chi connectivity index (χ1n) is 12.4. The van der Waals surface area contributed by atoms with Crippen LogP contribution in [0.2, 0.25) is 0 Å². The lowest BCUT2D eigenvalue weighted by Crippen LogP contribution is -2.45. The summed E-state index contributed by atoms with van der Waals surface area (Å²) in [6.07, 6.45) is 4.83. The Kier molecular flexibility index (Phi) is 6.96. The molecule has 4 heterocycles. The van der Waals surface area contributed by atoms with E-state index in [4.69, 9.17) is 4.98 Å². The zero-order chi connectivity index (χ0) is 23.5. The molecule has 2 saturated heterocycles. The predicted octanol–water partition coefficient (Wildman–Crippen LogP) is 2.94. The number of nitrogens with zero attached hydrogens (tertiary/aromatic N) is 6. The molecule has 3 aromatic rings. The van der Waals surface area contributed by atoms with Gasteiger partial charge in [0.15, 0.2) is 0 Å². The van der Waals surface area contributed by atoms with Crippen molar-refractivity contribution in [1.29, 1.82) is 0 Å². The number of hydrogen-bond acceptors (Lipinski definition) is 6.